The Balaban J connectivity index is 2.39. The molecule has 0 aliphatic heterocycles. The van der Waals surface area contributed by atoms with E-state index in [1.54, 1.807) is 17.7 Å². The van der Waals surface area contributed by atoms with Crippen LogP contribution in [0, 0.1) is 0 Å². The van der Waals surface area contributed by atoms with E-state index in [2.05, 4.69) is 0 Å². The van der Waals surface area contributed by atoms with Gasteiger partial charge >= 0.3 is 5.97 Å². The second-order valence-corrected chi connectivity index (χ2v) is 4.61. The zero-order valence-electron chi connectivity index (χ0n) is 11.6. The van der Waals surface area contributed by atoms with E-state index in [1.807, 2.05) is 24.3 Å². The van der Waals surface area contributed by atoms with Crippen molar-refractivity contribution in [2.24, 2.45) is 5.73 Å². The van der Waals surface area contributed by atoms with Crippen LogP contribution >= 0.6 is 0 Å². The number of aromatic nitrogens is 1. The highest BCUT2D eigenvalue weighted by Gasteiger charge is 2.18. The van der Waals surface area contributed by atoms with Crippen LogP contribution in [-0.4, -0.2) is 23.1 Å². The van der Waals surface area contributed by atoms with Crippen molar-refractivity contribution in [1.82, 2.24) is 4.57 Å². The van der Waals surface area contributed by atoms with Crippen molar-refractivity contribution in [3.63, 3.8) is 0 Å². The fourth-order valence-corrected chi connectivity index (χ4v) is 2.27. The molecule has 0 bridgehead atoms. The minimum atomic E-state index is -0.487. The largest absolute Gasteiger partial charge is 0.466 e. The van der Waals surface area contributed by atoms with Crippen LogP contribution in [0.5, 0.6) is 0 Å². The SMILES string of the molecule is CCOC(=O)CC(N)c1cn(C(C)=O)c2ccccc12. The number of fused-ring (bicyclic) bond motifs is 1. The van der Waals surface area contributed by atoms with Gasteiger partial charge in [0.15, 0.2) is 0 Å². The van der Waals surface area contributed by atoms with Gasteiger partial charge < -0.3 is 10.5 Å². The van der Waals surface area contributed by atoms with Gasteiger partial charge in [-0.05, 0) is 18.6 Å². The first-order valence-corrected chi connectivity index (χ1v) is 6.56. The van der Waals surface area contributed by atoms with Gasteiger partial charge in [0, 0.05) is 24.5 Å². The van der Waals surface area contributed by atoms with Gasteiger partial charge in [0.05, 0.1) is 18.5 Å². The lowest BCUT2D eigenvalue weighted by molar-refractivity contribution is -0.143. The molecule has 1 atom stereocenters. The van der Waals surface area contributed by atoms with Crippen LogP contribution in [0.25, 0.3) is 10.9 Å². The third-order valence-electron chi connectivity index (χ3n) is 3.17. The summed E-state index contributed by atoms with van der Waals surface area (Å²) in [7, 11) is 0. The molecule has 2 N–H and O–H groups in total. The number of carbonyl (C=O) groups is 2. The third kappa shape index (κ3) is 2.72. The van der Waals surface area contributed by atoms with Crippen LogP contribution in [0.3, 0.4) is 0 Å². The van der Waals surface area contributed by atoms with Crippen LogP contribution in [0.1, 0.15) is 36.7 Å². The minimum absolute atomic E-state index is 0.0872. The number of para-hydroxylation sites is 1. The summed E-state index contributed by atoms with van der Waals surface area (Å²) in [6.07, 6.45) is 1.80. The summed E-state index contributed by atoms with van der Waals surface area (Å²) in [6.45, 7) is 3.58. The van der Waals surface area contributed by atoms with Crippen molar-refractivity contribution in [3.8, 4) is 0 Å². The number of carbonyl (C=O) groups excluding carboxylic acids is 2. The summed E-state index contributed by atoms with van der Waals surface area (Å²) in [5.41, 5.74) is 7.66. The number of benzene rings is 1. The van der Waals surface area contributed by atoms with Crippen molar-refractivity contribution in [2.45, 2.75) is 26.3 Å². The first-order valence-electron chi connectivity index (χ1n) is 6.56. The molecule has 0 radical (unpaired) electrons. The Morgan fingerprint density at radius 1 is 1.35 bits per heavy atom. The molecule has 1 aromatic heterocycles. The maximum absolute atomic E-state index is 11.7. The molecule has 106 valence electrons. The number of esters is 1. The summed E-state index contributed by atoms with van der Waals surface area (Å²) in [4.78, 5) is 23.2. The monoisotopic (exact) mass is 274 g/mol. The molecule has 1 unspecified atom stereocenters. The maximum Gasteiger partial charge on any atom is 0.307 e. The van der Waals surface area contributed by atoms with Gasteiger partial charge in [-0.3, -0.25) is 14.2 Å². The Kier molecular flexibility index (Phi) is 4.20. The second-order valence-electron chi connectivity index (χ2n) is 4.61. The van der Waals surface area contributed by atoms with Crippen LogP contribution in [0.4, 0.5) is 0 Å². The minimum Gasteiger partial charge on any atom is -0.466 e. The number of hydrogen-bond acceptors (Lipinski definition) is 4. The lowest BCUT2D eigenvalue weighted by Crippen LogP contribution is -2.17. The van der Waals surface area contributed by atoms with E-state index in [0.29, 0.717) is 6.61 Å². The van der Waals surface area contributed by atoms with E-state index in [4.69, 9.17) is 10.5 Å². The van der Waals surface area contributed by atoms with E-state index < -0.39 is 6.04 Å². The molecular formula is C15H18N2O3. The Labute approximate surface area is 117 Å². The van der Waals surface area contributed by atoms with E-state index in [1.165, 1.54) is 6.92 Å². The molecule has 1 heterocycles. The summed E-state index contributed by atoms with van der Waals surface area (Å²) in [6, 6.07) is 7.02. The van der Waals surface area contributed by atoms with Gasteiger partial charge in [-0.25, -0.2) is 0 Å². The molecule has 5 heteroatoms. The maximum atomic E-state index is 11.7. The molecule has 0 spiro atoms. The van der Waals surface area contributed by atoms with Crippen molar-refractivity contribution >= 4 is 22.8 Å². The second kappa shape index (κ2) is 5.88. The van der Waals surface area contributed by atoms with Crippen LogP contribution < -0.4 is 5.73 Å². The predicted molar refractivity (Wildman–Crippen MR) is 76.4 cm³/mol. The highest BCUT2D eigenvalue weighted by molar-refractivity contribution is 5.94. The van der Waals surface area contributed by atoms with Gasteiger partial charge in [-0.1, -0.05) is 18.2 Å². The van der Waals surface area contributed by atoms with E-state index in [9.17, 15) is 9.59 Å². The molecule has 5 nitrogen and oxygen atoms in total. The highest BCUT2D eigenvalue weighted by atomic mass is 16.5. The Bertz CT molecular complexity index is 646. The first-order chi connectivity index (χ1) is 9.54. The van der Waals surface area contributed by atoms with Crippen LogP contribution in [0.15, 0.2) is 30.5 Å². The Morgan fingerprint density at radius 3 is 2.70 bits per heavy atom. The average molecular weight is 274 g/mol. The molecule has 0 aliphatic rings. The fraction of sp³-hybridized carbons (Fsp3) is 0.333. The number of nitrogens with zero attached hydrogens (tertiary/aromatic N) is 1. The molecule has 0 amide bonds. The normalized spacial score (nSPS) is 12.3. The van der Waals surface area contributed by atoms with Crippen molar-refractivity contribution in [2.75, 3.05) is 6.61 Å². The zero-order chi connectivity index (χ0) is 14.7. The van der Waals surface area contributed by atoms with Crippen molar-refractivity contribution < 1.29 is 14.3 Å². The van der Waals surface area contributed by atoms with Crippen LogP contribution in [0.2, 0.25) is 0 Å². The van der Waals surface area contributed by atoms with E-state index in [0.717, 1.165) is 16.5 Å². The molecular weight excluding hydrogens is 256 g/mol. The van der Waals surface area contributed by atoms with Gasteiger partial charge in [0.25, 0.3) is 0 Å². The number of ether oxygens (including phenoxy) is 1. The third-order valence-corrected chi connectivity index (χ3v) is 3.17. The summed E-state index contributed by atoms with van der Waals surface area (Å²) in [5.74, 6) is -0.421. The van der Waals surface area contributed by atoms with Gasteiger partial charge in [0.1, 0.15) is 0 Å². The number of hydrogen-bond donors (Lipinski definition) is 1. The van der Waals surface area contributed by atoms with Crippen molar-refractivity contribution in [3.05, 3.63) is 36.0 Å². The highest BCUT2D eigenvalue weighted by Crippen LogP contribution is 2.27. The molecule has 0 aliphatic carbocycles. The standard InChI is InChI=1S/C15H18N2O3/c1-3-20-15(19)8-13(16)12-9-17(10(2)18)14-7-5-4-6-11(12)14/h4-7,9,13H,3,8,16H2,1-2H3. The lowest BCUT2D eigenvalue weighted by Gasteiger charge is -2.09. The first kappa shape index (κ1) is 14.3. The van der Waals surface area contributed by atoms with Gasteiger partial charge in [0.2, 0.25) is 5.91 Å². The molecule has 1 aromatic carbocycles. The van der Waals surface area contributed by atoms with Gasteiger partial charge in [-0.15, -0.1) is 0 Å². The summed E-state index contributed by atoms with van der Waals surface area (Å²) < 4.78 is 6.46. The smallest absolute Gasteiger partial charge is 0.307 e. The Morgan fingerprint density at radius 2 is 2.05 bits per heavy atom. The molecule has 2 aromatic rings. The summed E-state index contributed by atoms with van der Waals surface area (Å²) in [5, 5.41) is 0.888. The lowest BCUT2D eigenvalue weighted by atomic mass is 10.0. The Hall–Kier alpha value is -2.14. The summed E-state index contributed by atoms with van der Waals surface area (Å²) >= 11 is 0. The number of rotatable bonds is 4. The average Bonchev–Trinajstić information content (AvgIpc) is 2.78. The number of nitrogens with two attached hydrogens (primary N) is 1. The molecule has 20 heavy (non-hydrogen) atoms. The topological polar surface area (TPSA) is 74.3 Å². The van der Waals surface area contributed by atoms with E-state index >= 15 is 0 Å². The van der Waals surface area contributed by atoms with Gasteiger partial charge in [-0.2, -0.15) is 0 Å². The quantitative estimate of drug-likeness (QED) is 0.868. The fourth-order valence-electron chi connectivity index (χ4n) is 2.27. The molecule has 0 saturated heterocycles. The molecule has 2 rings (SSSR count). The van der Waals surface area contributed by atoms with Crippen LogP contribution in [-0.2, 0) is 9.53 Å². The molecule has 0 saturated carbocycles. The predicted octanol–water partition coefficient (Wildman–Crippen LogP) is 2.25. The molecule has 0 fully saturated rings. The van der Waals surface area contributed by atoms with Crippen molar-refractivity contribution in [1.29, 1.82) is 0 Å². The van der Waals surface area contributed by atoms with E-state index in [-0.39, 0.29) is 18.3 Å². The zero-order valence-corrected chi connectivity index (χ0v) is 11.6.